The summed E-state index contributed by atoms with van der Waals surface area (Å²) >= 11 is 0. The fraction of sp³-hybridized carbons (Fsp3) is 1.00. The Bertz CT molecular complexity index is 125. The van der Waals surface area contributed by atoms with Crippen LogP contribution in [-0.4, -0.2) is 18.3 Å². The summed E-state index contributed by atoms with van der Waals surface area (Å²) in [5.74, 6) is 5.60. The van der Waals surface area contributed by atoms with E-state index in [0.717, 1.165) is 0 Å². The van der Waals surface area contributed by atoms with Gasteiger partial charge in [0.1, 0.15) is 0 Å². The second-order valence-corrected chi connectivity index (χ2v) is 3.75. The molecule has 1 aliphatic carbocycles. The Morgan fingerprint density at radius 3 is 2.55 bits per heavy atom. The molecule has 1 fully saturated rings. The quantitative estimate of drug-likeness (QED) is 0.593. The normalized spacial score (nSPS) is 24.3. The van der Waals surface area contributed by atoms with Gasteiger partial charge in [-0.1, -0.05) is 13.3 Å². The molecule has 0 amide bonds. The maximum Gasteiger partial charge on any atom is 0.0757 e. The summed E-state index contributed by atoms with van der Waals surface area (Å²) < 4.78 is 0. The third-order valence-corrected chi connectivity index (χ3v) is 2.87. The number of rotatable bonds is 4. The molecule has 0 aromatic rings. The highest BCUT2D eigenvalue weighted by Crippen LogP contribution is 2.41. The summed E-state index contributed by atoms with van der Waals surface area (Å²) in [7, 11) is 0. The molecule has 0 aliphatic heterocycles. The Hall–Kier alpha value is -0.120. The highest BCUT2D eigenvalue weighted by atomic mass is 16.6. The molecule has 0 aromatic carbocycles. The summed E-state index contributed by atoms with van der Waals surface area (Å²) in [5.41, 5.74) is -0.104. The minimum atomic E-state index is -0.104. The maximum absolute atomic E-state index is 9.12. The van der Waals surface area contributed by atoms with Gasteiger partial charge in [-0.3, -0.25) is 0 Å². The van der Waals surface area contributed by atoms with Gasteiger partial charge in [0.25, 0.3) is 0 Å². The van der Waals surface area contributed by atoms with Crippen LogP contribution >= 0.6 is 0 Å². The highest BCUT2D eigenvalue weighted by Gasteiger charge is 2.37. The van der Waals surface area contributed by atoms with E-state index in [0.29, 0.717) is 12.5 Å². The van der Waals surface area contributed by atoms with Crippen molar-refractivity contribution in [3.8, 4) is 0 Å². The van der Waals surface area contributed by atoms with Crippen LogP contribution in [0.4, 0.5) is 0 Å². The lowest BCUT2D eigenvalue weighted by Gasteiger charge is -2.40. The van der Waals surface area contributed by atoms with Crippen LogP contribution in [0.3, 0.4) is 0 Å². The van der Waals surface area contributed by atoms with Crippen molar-refractivity contribution in [2.45, 2.75) is 26.2 Å². The summed E-state index contributed by atoms with van der Waals surface area (Å²) in [6, 6.07) is 0. The standard InChI is InChI=1S/C8H17NO2/c1-8(5-10,6-11-9)7-3-2-4-7/h7,10H,2-6,9H2,1H3. The largest absolute Gasteiger partial charge is 0.396 e. The Balaban J connectivity index is 2.43. The van der Waals surface area contributed by atoms with Gasteiger partial charge in [-0.05, 0) is 18.8 Å². The van der Waals surface area contributed by atoms with Gasteiger partial charge >= 0.3 is 0 Å². The summed E-state index contributed by atoms with van der Waals surface area (Å²) in [5, 5.41) is 9.12. The molecule has 0 heterocycles. The summed E-state index contributed by atoms with van der Waals surface area (Å²) in [6.07, 6.45) is 3.70. The zero-order chi connectivity index (χ0) is 8.32. The first-order valence-corrected chi connectivity index (χ1v) is 4.15. The molecule has 1 unspecified atom stereocenters. The van der Waals surface area contributed by atoms with Crippen molar-refractivity contribution in [1.29, 1.82) is 0 Å². The number of aliphatic hydroxyl groups is 1. The molecule has 0 spiro atoms. The first kappa shape index (κ1) is 8.97. The lowest BCUT2D eigenvalue weighted by Crippen LogP contribution is -2.40. The molecule has 3 N–H and O–H groups in total. The first-order chi connectivity index (χ1) is 5.23. The van der Waals surface area contributed by atoms with E-state index < -0.39 is 0 Å². The van der Waals surface area contributed by atoms with E-state index in [4.69, 9.17) is 11.0 Å². The van der Waals surface area contributed by atoms with E-state index in [1.807, 2.05) is 6.92 Å². The van der Waals surface area contributed by atoms with Crippen molar-refractivity contribution in [2.75, 3.05) is 13.2 Å². The second kappa shape index (κ2) is 3.52. The molecule has 3 heteroatoms. The Kier molecular flexibility index (Phi) is 2.87. The third kappa shape index (κ3) is 1.72. The van der Waals surface area contributed by atoms with Gasteiger partial charge in [0, 0.05) is 5.41 Å². The Labute approximate surface area is 67.5 Å². The average Bonchev–Trinajstić information content (AvgIpc) is 1.84. The Morgan fingerprint density at radius 1 is 1.64 bits per heavy atom. The molecule has 1 aliphatic rings. The number of hydrogen-bond acceptors (Lipinski definition) is 3. The van der Waals surface area contributed by atoms with Crippen LogP contribution in [0.15, 0.2) is 0 Å². The van der Waals surface area contributed by atoms with Crippen molar-refractivity contribution in [3.63, 3.8) is 0 Å². The van der Waals surface area contributed by atoms with E-state index in [1.165, 1.54) is 19.3 Å². The van der Waals surface area contributed by atoms with E-state index in [-0.39, 0.29) is 12.0 Å². The predicted octanol–water partition coefficient (Wildman–Crippen LogP) is 0.675. The number of nitrogens with two attached hydrogens (primary N) is 1. The topological polar surface area (TPSA) is 55.5 Å². The van der Waals surface area contributed by atoms with Crippen LogP contribution in [-0.2, 0) is 4.84 Å². The van der Waals surface area contributed by atoms with E-state index in [9.17, 15) is 0 Å². The van der Waals surface area contributed by atoms with Gasteiger partial charge in [-0.15, -0.1) is 0 Å². The molecule has 66 valence electrons. The molecule has 1 rings (SSSR count). The zero-order valence-corrected chi connectivity index (χ0v) is 7.05. The van der Waals surface area contributed by atoms with Crippen LogP contribution in [0, 0.1) is 11.3 Å². The second-order valence-electron chi connectivity index (χ2n) is 3.75. The molecule has 11 heavy (non-hydrogen) atoms. The van der Waals surface area contributed by atoms with Crippen molar-refractivity contribution in [3.05, 3.63) is 0 Å². The van der Waals surface area contributed by atoms with Gasteiger partial charge in [-0.25, -0.2) is 5.90 Å². The van der Waals surface area contributed by atoms with Gasteiger partial charge in [0.15, 0.2) is 0 Å². The number of hydrogen-bond donors (Lipinski definition) is 2. The van der Waals surface area contributed by atoms with Gasteiger partial charge < -0.3 is 9.94 Å². The van der Waals surface area contributed by atoms with Crippen molar-refractivity contribution >= 4 is 0 Å². The van der Waals surface area contributed by atoms with Gasteiger partial charge in [0.2, 0.25) is 0 Å². The molecule has 0 radical (unpaired) electrons. The molecule has 0 saturated heterocycles. The number of aliphatic hydroxyl groups excluding tert-OH is 1. The summed E-state index contributed by atoms with van der Waals surface area (Å²) in [6.45, 7) is 2.67. The minimum absolute atomic E-state index is 0.104. The van der Waals surface area contributed by atoms with Crippen molar-refractivity contribution in [1.82, 2.24) is 0 Å². The SMILES string of the molecule is CC(CO)(CON)C1CCC1. The van der Waals surface area contributed by atoms with Gasteiger partial charge in [-0.2, -0.15) is 0 Å². The summed E-state index contributed by atoms with van der Waals surface area (Å²) in [4.78, 5) is 4.59. The van der Waals surface area contributed by atoms with Crippen LogP contribution in [0.1, 0.15) is 26.2 Å². The van der Waals surface area contributed by atoms with Crippen LogP contribution in [0.25, 0.3) is 0 Å². The van der Waals surface area contributed by atoms with Crippen LogP contribution in [0.2, 0.25) is 0 Å². The highest BCUT2D eigenvalue weighted by molar-refractivity contribution is 4.86. The molecule has 0 bridgehead atoms. The van der Waals surface area contributed by atoms with Gasteiger partial charge in [0.05, 0.1) is 13.2 Å². The van der Waals surface area contributed by atoms with Crippen LogP contribution < -0.4 is 5.90 Å². The Morgan fingerprint density at radius 2 is 2.27 bits per heavy atom. The zero-order valence-electron chi connectivity index (χ0n) is 7.05. The van der Waals surface area contributed by atoms with E-state index in [2.05, 4.69) is 4.84 Å². The third-order valence-electron chi connectivity index (χ3n) is 2.87. The lowest BCUT2D eigenvalue weighted by atomic mass is 9.67. The average molecular weight is 159 g/mol. The molecule has 3 nitrogen and oxygen atoms in total. The minimum Gasteiger partial charge on any atom is -0.396 e. The molecule has 1 saturated carbocycles. The molecular formula is C8H17NO2. The fourth-order valence-electron chi connectivity index (χ4n) is 1.59. The maximum atomic E-state index is 9.12. The smallest absolute Gasteiger partial charge is 0.0757 e. The molecule has 0 aromatic heterocycles. The first-order valence-electron chi connectivity index (χ1n) is 4.15. The molecule has 1 atom stereocenters. The van der Waals surface area contributed by atoms with Crippen LogP contribution in [0.5, 0.6) is 0 Å². The van der Waals surface area contributed by atoms with E-state index >= 15 is 0 Å². The molecular weight excluding hydrogens is 142 g/mol. The fourth-order valence-corrected chi connectivity index (χ4v) is 1.59. The van der Waals surface area contributed by atoms with Crippen molar-refractivity contribution < 1.29 is 9.94 Å². The van der Waals surface area contributed by atoms with E-state index in [1.54, 1.807) is 0 Å². The predicted molar refractivity (Wildman–Crippen MR) is 42.7 cm³/mol. The monoisotopic (exact) mass is 159 g/mol. The lowest BCUT2D eigenvalue weighted by molar-refractivity contribution is -0.0439. The van der Waals surface area contributed by atoms with Crippen molar-refractivity contribution in [2.24, 2.45) is 17.2 Å².